The SMILES string of the molecule is CCCCO[C@H](OC(=O)C1=C(C)N([C@@H](OCCCC)N2C(C)=C(C(=O)O)C(c3cccc(Cl)c3Cl)C(C(=O)O)=C2C)C(C)=C(C(=O)OC)C1c1cccc(Cl)c1Cl)N1C(C)=C(C(=O)OC)C(c2cccc(Cl)c2Cl)C(C(=O)OC)=C1C. The predicted molar refractivity (Wildman–Crippen MR) is 306 cm³/mol. The van der Waals surface area contributed by atoms with Crippen molar-refractivity contribution in [2.45, 2.75) is 112 Å². The summed E-state index contributed by atoms with van der Waals surface area (Å²) in [6, 6.07) is 13.8. The molecule has 0 aromatic heterocycles. The maximum atomic E-state index is 16.1. The van der Waals surface area contributed by atoms with E-state index in [0.717, 1.165) is 21.3 Å². The minimum absolute atomic E-state index is 0.00362. The Labute approximate surface area is 499 Å². The van der Waals surface area contributed by atoms with E-state index >= 15 is 4.79 Å². The first-order chi connectivity index (χ1) is 38.4. The molecule has 2 N–H and O–H groups in total. The molecular weight excluding hydrogens is 1180 g/mol. The Morgan fingerprint density at radius 3 is 1.07 bits per heavy atom. The molecule has 0 bridgehead atoms. The summed E-state index contributed by atoms with van der Waals surface area (Å²) in [6.45, 7) is 12.8. The van der Waals surface area contributed by atoms with Crippen LogP contribution in [0.4, 0.5) is 0 Å². The van der Waals surface area contributed by atoms with Crippen molar-refractivity contribution in [1.29, 1.82) is 0 Å². The smallest absolute Gasteiger partial charge is 0.340 e. The van der Waals surface area contributed by atoms with E-state index in [9.17, 15) is 34.2 Å². The number of unbranched alkanes of at least 4 members (excludes halogenated alkanes) is 2. The van der Waals surface area contributed by atoms with Gasteiger partial charge in [0.05, 0.1) is 116 Å². The van der Waals surface area contributed by atoms with Crippen LogP contribution in [0.1, 0.15) is 116 Å². The topological polar surface area (TPSA) is 208 Å². The monoisotopic (exact) mass is 1230 g/mol. The quantitative estimate of drug-likeness (QED) is 0.0440. The molecule has 0 aliphatic carbocycles. The van der Waals surface area contributed by atoms with E-state index in [2.05, 4.69) is 0 Å². The summed E-state index contributed by atoms with van der Waals surface area (Å²) in [5.41, 5.74) is -0.738. The number of carboxylic acid groups (broad SMARTS) is 2. The van der Waals surface area contributed by atoms with Crippen LogP contribution in [0.15, 0.2) is 122 Å². The van der Waals surface area contributed by atoms with Crippen molar-refractivity contribution in [2.24, 2.45) is 0 Å². The Bertz CT molecular complexity index is 3180. The van der Waals surface area contributed by atoms with Crippen molar-refractivity contribution in [3.63, 3.8) is 0 Å². The van der Waals surface area contributed by atoms with Crippen LogP contribution in [0.25, 0.3) is 0 Å². The maximum absolute atomic E-state index is 16.1. The highest BCUT2D eigenvalue weighted by atomic mass is 35.5. The van der Waals surface area contributed by atoms with Gasteiger partial charge in [0.1, 0.15) is 0 Å². The summed E-state index contributed by atoms with van der Waals surface area (Å²) in [7, 11) is 3.43. The van der Waals surface area contributed by atoms with Crippen molar-refractivity contribution in [2.75, 3.05) is 34.5 Å². The zero-order valence-electron chi connectivity index (χ0n) is 46.2. The molecule has 0 saturated heterocycles. The first-order valence-electron chi connectivity index (χ1n) is 25.5. The molecule has 1 unspecified atom stereocenters. The fourth-order valence-electron chi connectivity index (χ4n) is 10.6. The Balaban J connectivity index is 1.71. The van der Waals surface area contributed by atoms with Crippen molar-refractivity contribution in [1.82, 2.24) is 14.7 Å². The number of carbonyl (C=O) groups is 6. The van der Waals surface area contributed by atoms with E-state index in [-0.39, 0.29) is 117 Å². The van der Waals surface area contributed by atoms with Crippen LogP contribution in [0.3, 0.4) is 0 Å². The lowest BCUT2D eigenvalue weighted by Crippen LogP contribution is -2.52. The minimum atomic E-state index is -1.82. The van der Waals surface area contributed by atoms with Gasteiger partial charge in [-0.15, -0.1) is 0 Å². The summed E-state index contributed by atoms with van der Waals surface area (Å²) in [5, 5.41) is 22.4. The van der Waals surface area contributed by atoms with Gasteiger partial charge in [0.2, 0.25) is 6.35 Å². The average molecular weight is 1240 g/mol. The summed E-state index contributed by atoms with van der Waals surface area (Å²) >= 11 is 40.3. The van der Waals surface area contributed by atoms with Gasteiger partial charge >= 0.3 is 35.8 Å². The molecule has 434 valence electrons. The van der Waals surface area contributed by atoms with Crippen LogP contribution in [0.5, 0.6) is 0 Å². The molecule has 3 aromatic rings. The third kappa shape index (κ3) is 12.4. The molecule has 81 heavy (non-hydrogen) atoms. The van der Waals surface area contributed by atoms with Crippen LogP contribution >= 0.6 is 69.6 Å². The van der Waals surface area contributed by atoms with Gasteiger partial charge in [0.25, 0.3) is 6.41 Å². The Hall–Kier alpha value is -6.02. The first-order valence-corrected chi connectivity index (χ1v) is 27.8. The van der Waals surface area contributed by atoms with Crippen molar-refractivity contribution >= 4 is 105 Å². The maximum Gasteiger partial charge on any atom is 0.340 e. The van der Waals surface area contributed by atoms with Gasteiger partial charge in [-0.1, -0.05) is 133 Å². The number of esters is 4. The summed E-state index contributed by atoms with van der Waals surface area (Å²) in [5.74, 6) is -11.1. The number of methoxy groups -OCH3 is 3. The van der Waals surface area contributed by atoms with E-state index in [1.807, 2.05) is 13.8 Å². The number of benzene rings is 3. The second-order valence-corrected chi connectivity index (χ2v) is 21.3. The lowest BCUT2D eigenvalue weighted by Gasteiger charge is -2.48. The van der Waals surface area contributed by atoms with Crippen molar-refractivity contribution in [3.05, 3.63) is 169 Å². The predicted octanol–water partition coefficient (Wildman–Crippen LogP) is 13.3. The molecule has 3 aromatic carbocycles. The molecule has 0 radical (unpaired) electrons. The second kappa shape index (κ2) is 27.4. The number of rotatable bonds is 21. The number of allylic oxidation sites excluding steroid dienone is 6. The second-order valence-electron chi connectivity index (χ2n) is 18.9. The molecule has 0 saturated carbocycles. The minimum Gasteiger partial charge on any atom is -0.478 e. The number of carbonyl (C=O) groups excluding carboxylic acids is 4. The summed E-state index contributed by atoms with van der Waals surface area (Å²) in [4.78, 5) is 90.7. The van der Waals surface area contributed by atoms with E-state index in [0.29, 0.717) is 25.7 Å². The molecule has 3 heterocycles. The Kier molecular flexibility index (Phi) is 21.7. The van der Waals surface area contributed by atoms with Crippen LogP contribution in [0.2, 0.25) is 30.1 Å². The van der Waals surface area contributed by atoms with Crippen molar-refractivity contribution in [3.8, 4) is 0 Å². The summed E-state index contributed by atoms with van der Waals surface area (Å²) < 4.78 is 36.0. The molecule has 3 aliphatic rings. The summed E-state index contributed by atoms with van der Waals surface area (Å²) in [6.07, 6.45) is -1.32. The third-order valence-corrected chi connectivity index (χ3v) is 16.9. The highest BCUT2D eigenvalue weighted by Crippen LogP contribution is 2.52. The fraction of sp³-hybridized carbons (Fsp3) is 0.379. The van der Waals surface area contributed by atoms with E-state index < -0.39 is 77.5 Å². The number of hydrogen-bond donors (Lipinski definition) is 2. The molecule has 0 amide bonds. The van der Waals surface area contributed by atoms with Gasteiger partial charge in [-0.2, -0.15) is 0 Å². The lowest BCUT2D eigenvalue weighted by molar-refractivity contribution is -0.208. The van der Waals surface area contributed by atoms with Crippen LogP contribution in [-0.4, -0.2) is 108 Å². The number of hydrogen-bond acceptors (Lipinski definition) is 15. The molecule has 17 nitrogen and oxygen atoms in total. The molecule has 3 aliphatic heterocycles. The largest absolute Gasteiger partial charge is 0.478 e. The number of carboxylic acids is 2. The fourth-order valence-corrected chi connectivity index (χ4v) is 11.8. The molecular formula is C58H61Cl6N3O14. The number of halogens is 6. The van der Waals surface area contributed by atoms with Gasteiger partial charge in [-0.3, -0.25) is 4.90 Å². The van der Waals surface area contributed by atoms with Gasteiger partial charge in [-0.25, -0.2) is 28.8 Å². The van der Waals surface area contributed by atoms with Crippen LogP contribution < -0.4 is 0 Å². The zero-order chi connectivity index (χ0) is 60.1. The van der Waals surface area contributed by atoms with Gasteiger partial charge < -0.3 is 48.4 Å². The van der Waals surface area contributed by atoms with Gasteiger partial charge in [0.15, 0.2) is 0 Å². The molecule has 23 heteroatoms. The van der Waals surface area contributed by atoms with E-state index in [1.165, 1.54) is 79.7 Å². The average Bonchev–Trinajstić information content (AvgIpc) is 2.75. The molecule has 0 fully saturated rings. The third-order valence-electron chi connectivity index (χ3n) is 14.4. The molecule has 0 spiro atoms. The Morgan fingerprint density at radius 2 is 0.753 bits per heavy atom. The first kappa shape index (κ1) is 64.2. The zero-order valence-corrected chi connectivity index (χ0v) is 50.8. The van der Waals surface area contributed by atoms with Gasteiger partial charge in [-0.05, 0) is 89.3 Å². The van der Waals surface area contributed by atoms with Crippen molar-refractivity contribution < 1.29 is 67.4 Å². The highest BCUT2D eigenvalue weighted by molar-refractivity contribution is 6.43. The normalized spacial score (nSPS) is 17.3. The van der Waals surface area contributed by atoms with E-state index in [1.54, 1.807) is 31.2 Å². The lowest BCUT2D eigenvalue weighted by atomic mass is 9.79. The number of aliphatic carboxylic acids is 2. The highest BCUT2D eigenvalue weighted by Gasteiger charge is 2.50. The van der Waals surface area contributed by atoms with Crippen LogP contribution in [0, 0.1) is 0 Å². The van der Waals surface area contributed by atoms with Gasteiger partial charge in [0, 0.05) is 34.2 Å². The number of ether oxygens (including phenoxy) is 6. The standard InChI is InChI=1S/C58H61Cl6N3O14/c1-12-14-25-79-57(65-27(3)39(51(68)69)45(40(28(65)4)52(70)71)33-19-16-22-36(59)48(33)62)66-29(5)41(53(72)76-9)47(35-21-18-24-38(61)50(35)64)44(30(66)6)56(75)81-58(80-26-15-13-2)67-31(7)42(54(73)77-10)46(43(32(67)8)55(74)78-11)34-20-17-23-37(60)49(34)63/h16-24,45-47,57-58H,12-15,25-26H2,1-11H3,(H,68,69)(H,70,71)/t47?,57-,58+/m0/s1. The Morgan fingerprint density at radius 1 is 0.457 bits per heavy atom. The van der Waals surface area contributed by atoms with Crippen LogP contribution in [-0.2, 0) is 57.2 Å². The molecule has 3 atom stereocenters. The number of nitrogens with zero attached hydrogens (tertiary/aromatic N) is 3. The van der Waals surface area contributed by atoms with E-state index in [4.69, 9.17) is 98.0 Å². The molecule has 6 rings (SSSR count).